The third kappa shape index (κ3) is 6.46. The first-order chi connectivity index (χ1) is 19.0. The van der Waals surface area contributed by atoms with Gasteiger partial charge in [-0.2, -0.15) is 0 Å². The van der Waals surface area contributed by atoms with Crippen LogP contribution in [0.5, 0.6) is 0 Å². The molecule has 0 unspecified atom stereocenters. The summed E-state index contributed by atoms with van der Waals surface area (Å²) in [5.41, 5.74) is 0.0128. The Bertz CT molecular complexity index is 1200. The number of carbonyl (C=O) groups excluding carboxylic acids is 3. The van der Waals surface area contributed by atoms with Crippen molar-refractivity contribution in [1.82, 2.24) is 10.2 Å². The van der Waals surface area contributed by atoms with E-state index in [1.54, 1.807) is 6.07 Å². The molecule has 8 nitrogen and oxygen atoms in total. The van der Waals surface area contributed by atoms with Gasteiger partial charge < -0.3 is 19.8 Å². The molecule has 2 amide bonds. The van der Waals surface area contributed by atoms with Crippen molar-refractivity contribution < 1.29 is 24.0 Å². The van der Waals surface area contributed by atoms with E-state index in [1.165, 1.54) is 18.4 Å². The topological polar surface area (TPSA) is 97.3 Å². The lowest BCUT2D eigenvalue weighted by Crippen LogP contribution is -2.58. The van der Waals surface area contributed by atoms with E-state index in [0.29, 0.717) is 23.6 Å². The van der Waals surface area contributed by atoms with Crippen LogP contribution < -0.4 is 5.32 Å². The molecule has 216 valence electrons. The zero-order valence-electron chi connectivity index (χ0n) is 23.9. The van der Waals surface area contributed by atoms with Crippen LogP contribution in [0.1, 0.15) is 77.7 Å². The lowest BCUT2D eigenvalue weighted by Gasteiger charge is -2.37. The Kier molecular flexibility index (Phi) is 9.14. The normalized spacial score (nSPS) is 24.6. The Balaban J connectivity index is 1.56. The number of ether oxygens (including phenoxy) is 1. The molecule has 1 saturated carbocycles. The van der Waals surface area contributed by atoms with Crippen molar-refractivity contribution in [2.24, 2.45) is 22.4 Å². The second-order valence-electron chi connectivity index (χ2n) is 12.4. The lowest BCUT2D eigenvalue weighted by atomic mass is 9.77. The summed E-state index contributed by atoms with van der Waals surface area (Å²) in [6.07, 6.45) is 11.9. The van der Waals surface area contributed by atoms with E-state index in [2.05, 4.69) is 16.4 Å². The van der Waals surface area contributed by atoms with Crippen LogP contribution in [-0.4, -0.2) is 59.7 Å². The Hall–Kier alpha value is -3.05. The van der Waals surface area contributed by atoms with Gasteiger partial charge in [0.2, 0.25) is 11.8 Å². The van der Waals surface area contributed by atoms with Gasteiger partial charge in [-0.1, -0.05) is 68.9 Å². The molecule has 0 bridgehead atoms. The molecular weight excluding hydrogens is 530 g/mol. The number of halogens is 1. The van der Waals surface area contributed by atoms with Crippen molar-refractivity contribution in [3.8, 4) is 12.3 Å². The van der Waals surface area contributed by atoms with E-state index in [1.807, 2.05) is 39.0 Å². The van der Waals surface area contributed by atoms with Crippen LogP contribution in [0.3, 0.4) is 0 Å². The Morgan fingerprint density at radius 3 is 2.62 bits per heavy atom. The van der Waals surface area contributed by atoms with Crippen molar-refractivity contribution in [2.45, 2.75) is 89.8 Å². The minimum absolute atomic E-state index is 0.137. The van der Waals surface area contributed by atoms with E-state index >= 15 is 0 Å². The van der Waals surface area contributed by atoms with Gasteiger partial charge in [0, 0.05) is 29.8 Å². The molecule has 0 radical (unpaired) electrons. The molecule has 40 heavy (non-hydrogen) atoms. The summed E-state index contributed by atoms with van der Waals surface area (Å²) in [5.74, 6) is 1.44. The number of hydrogen-bond acceptors (Lipinski definition) is 6. The first-order valence-electron chi connectivity index (χ1n) is 14.1. The number of methoxy groups -OCH3 is 1. The van der Waals surface area contributed by atoms with Crippen molar-refractivity contribution in [1.29, 1.82) is 0 Å². The molecule has 1 aromatic carbocycles. The second kappa shape index (κ2) is 12.2. The fourth-order valence-corrected chi connectivity index (χ4v) is 6.46. The van der Waals surface area contributed by atoms with E-state index in [4.69, 9.17) is 27.6 Å². The van der Waals surface area contributed by atoms with Crippen LogP contribution in [0, 0.1) is 29.6 Å². The van der Waals surface area contributed by atoms with E-state index in [0.717, 1.165) is 31.2 Å². The van der Waals surface area contributed by atoms with Gasteiger partial charge in [0.15, 0.2) is 5.60 Å². The highest BCUT2D eigenvalue weighted by molar-refractivity contribution is 6.31. The highest BCUT2D eigenvalue weighted by Crippen LogP contribution is 2.40. The maximum absolute atomic E-state index is 14.2. The fraction of sp³-hybridized carbons (Fsp3) is 0.613. The van der Waals surface area contributed by atoms with Gasteiger partial charge in [-0.3, -0.25) is 9.59 Å². The molecule has 1 spiro atoms. The fourth-order valence-electron chi connectivity index (χ4n) is 6.27. The minimum atomic E-state index is -0.882. The van der Waals surface area contributed by atoms with Crippen LogP contribution in [0.25, 0.3) is 0 Å². The largest absolute Gasteiger partial charge is 0.467 e. The molecule has 2 aliphatic heterocycles. The van der Waals surface area contributed by atoms with Gasteiger partial charge in [-0.15, -0.1) is 12.3 Å². The number of nitrogens with one attached hydrogen (secondary N) is 1. The van der Waals surface area contributed by atoms with Crippen molar-refractivity contribution in [2.75, 3.05) is 13.7 Å². The number of terminal acetylenes is 1. The van der Waals surface area contributed by atoms with Crippen molar-refractivity contribution in [3.05, 3.63) is 34.9 Å². The number of amides is 2. The smallest absolute Gasteiger partial charge is 0.328 e. The SMILES string of the molecule is C#CC[C@H](C(=O)N[C@H](C(=O)N1C[C@@]2(CC(c3cccc(Cl)c3)=NO2)C[C@H]1C(=O)OC)C(C)(C)C)C1CCCCC1. The lowest BCUT2D eigenvalue weighted by molar-refractivity contribution is -0.153. The van der Waals surface area contributed by atoms with Crippen molar-refractivity contribution in [3.63, 3.8) is 0 Å². The molecule has 1 aromatic rings. The number of esters is 1. The molecule has 3 aliphatic rings. The minimum Gasteiger partial charge on any atom is -0.467 e. The molecule has 9 heteroatoms. The number of nitrogens with zero attached hydrogens (tertiary/aromatic N) is 2. The summed E-state index contributed by atoms with van der Waals surface area (Å²) < 4.78 is 5.09. The molecule has 1 N–H and O–H groups in total. The number of benzene rings is 1. The molecular formula is C31H40ClN3O5. The summed E-state index contributed by atoms with van der Waals surface area (Å²) in [7, 11) is 1.30. The van der Waals surface area contributed by atoms with E-state index in [-0.39, 0.29) is 36.6 Å². The average molecular weight is 570 g/mol. The number of carbonyl (C=O) groups is 3. The van der Waals surface area contributed by atoms with Gasteiger partial charge in [-0.05, 0) is 36.3 Å². The van der Waals surface area contributed by atoms with Crippen LogP contribution in [0.2, 0.25) is 5.02 Å². The van der Waals surface area contributed by atoms with E-state index < -0.39 is 29.1 Å². The zero-order chi connectivity index (χ0) is 29.1. The predicted molar refractivity (Wildman–Crippen MR) is 153 cm³/mol. The average Bonchev–Trinajstić information content (AvgIpc) is 3.53. The second-order valence-corrected chi connectivity index (χ2v) is 12.9. The third-order valence-corrected chi connectivity index (χ3v) is 8.68. The summed E-state index contributed by atoms with van der Waals surface area (Å²) >= 11 is 6.18. The summed E-state index contributed by atoms with van der Waals surface area (Å²) in [4.78, 5) is 48.2. The molecule has 2 heterocycles. The Labute approximate surface area is 242 Å². The quantitative estimate of drug-likeness (QED) is 0.378. The highest BCUT2D eigenvalue weighted by Gasteiger charge is 2.56. The monoisotopic (exact) mass is 569 g/mol. The highest BCUT2D eigenvalue weighted by atomic mass is 35.5. The molecule has 0 aromatic heterocycles. The van der Waals surface area contributed by atoms with Gasteiger partial charge in [0.05, 0.1) is 25.3 Å². The van der Waals surface area contributed by atoms with E-state index in [9.17, 15) is 14.4 Å². The van der Waals surface area contributed by atoms with Crippen LogP contribution in [-0.2, 0) is 24.0 Å². The number of rotatable bonds is 7. The maximum Gasteiger partial charge on any atom is 0.328 e. The molecule has 2 fully saturated rings. The maximum atomic E-state index is 14.2. The van der Waals surface area contributed by atoms with Gasteiger partial charge in [-0.25, -0.2) is 4.79 Å². The predicted octanol–water partition coefficient (Wildman–Crippen LogP) is 4.73. The number of likely N-dealkylation sites (tertiary alicyclic amines) is 1. The number of hydrogen-bond donors (Lipinski definition) is 1. The summed E-state index contributed by atoms with van der Waals surface area (Å²) in [5, 5.41) is 7.94. The standard InChI is InChI=1S/C31H40ClN3O5/c1-6-11-23(20-12-8-7-9-13-20)27(36)33-26(30(2,3)4)28(37)35-19-31(18-25(35)29(38)39-5)17-24(34-40-31)21-14-10-15-22(32)16-21/h1,10,14-16,20,23,25-26H,7-9,11-13,17-19H2,2-5H3,(H,33,36)/t23-,25-,26+,31+/m0/s1. The Morgan fingerprint density at radius 2 is 2.00 bits per heavy atom. The van der Waals surface area contributed by atoms with Gasteiger partial charge in [0.1, 0.15) is 12.1 Å². The van der Waals surface area contributed by atoms with Crippen LogP contribution >= 0.6 is 11.6 Å². The molecule has 1 aliphatic carbocycles. The zero-order valence-corrected chi connectivity index (χ0v) is 24.6. The first kappa shape index (κ1) is 29.9. The van der Waals surface area contributed by atoms with Gasteiger partial charge in [0.25, 0.3) is 0 Å². The number of oxime groups is 1. The van der Waals surface area contributed by atoms with Crippen LogP contribution in [0.15, 0.2) is 29.4 Å². The van der Waals surface area contributed by atoms with Crippen LogP contribution in [0.4, 0.5) is 0 Å². The Morgan fingerprint density at radius 1 is 1.27 bits per heavy atom. The first-order valence-corrected chi connectivity index (χ1v) is 14.5. The molecule has 4 atom stereocenters. The molecule has 4 rings (SSSR count). The van der Waals surface area contributed by atoms with Gasteiger partial charge >= 0.3 is 5.97 Å². The summed E-state index contributed by atoms with van der Waals surface area (Å²) in [6.45, 7) is 5.84. The third-order valence-electron chi connectivity index (χ3n) is 8.45. The van der Waals surface area contributed by atoms with Crippen molar-refractivity contribution >= 4 is 35.1 Å². The summed E-state index contributed by atoms with van der Waals surface area (Å²) in [6, 6.07) is 5.58. The molecule has 1 saturated heterocycles.